The molecule has 0 atom stereocenters. The van der Waals surface area contributed by atoms with E-state index >= 15 is 0 Å². The van der Waals surface area contributed by atoms with E-state index in [1.165, 1.54) is 0 Å². The van der Waals surface area contributed by atoms with E-state index < -0.39 is 5.97 Å². The number of rotatable bonds is 7. The molecule has 0 saturated carbocycles. The summed E-state index contributed by atoms with van der Waals surface area (Å²) >= 11 is 0. The highest BCUT2D eigenvalue weighted by atomic mass is 16.5. The Hall–Kier alpha value is -2.41. The molecule has 0 unspecified atom stereocenters. The Morgan fingerprint density at radius 3 is 2.74 bits per heavy atom. The van der Waals surface area contributed by atoms with Crippen molar-refractivity contribution < 1.29 is 19.0 Å². The second-order valence-electron chi connectivity index (χ2n) is 5.16. The predicted octanol–water partition coefficient (Wildman–Crippen LogP) is 2.58. The van der Waals surface area contributed by atoms with Crippen LogP contribution in [0.1, 0.15) is 36.8 Å². The molecule has 0 saturated heterocycles. The molecule has 0 spiro atoms. The molecule has 2 aromatic rings. The van der Waals surface area contributed by atoms with E-state index in [4.69, 9.17) is 14.2 Å². The lowest BCUT2D eigenvalue weighted by molar-refractivity contribution is 0.0520. The normalized spacial score (nSPS) is 10.8. The van der Waals surface area contributed by atoms with Gasteiger partial charge in [0.15, 0.2) is 5.69 Å². The number of carbonyl (C=O) groups excluding carboxylic acids is 1. The van der Waals surface area contributed by atoms with Crippen LogP contribution in [-0.4, -0.2) is 41.2 Å². The van der Waals surface area contributed by atoms with Gasteiger partial charge >= 0.3 is 5.97 Å². The molecule has 0 radical (unpaired) electrons. The number of H-pyrrole nitrogens is 1. The summed E-state index contributed by atoms with van der Waals surface area (Å²) in [6.07, 6.45) is 0.0543. The first-order chi connectivity index (χ1) is 11.1. The maximum absolute atomic E-state index is 11.9. The third-order valence-corrected chi connectivity index (χ3v) is 3.01. The first-order valence-corrected chi connectivity index (χ1v) is 7.43. The fourth-order valence-corrected chi connectivity index (χ4v) is 2.14. The summed E-state index contributed by atoms with van der Waals surface area (Å²) in [4.78, 5) is 11.9. The summed E-state index contributed by atoms with van der Waals surface area (Å²) in [6, 6.07) is 5.55. The monoisotopic (exact) mass is 319 g/mol. The summed E-state index contributed by atoms with van der Waals surface area (Å²) in [6.45, 7) is 6.33. The lowest BCUT2D eigenvalue weighted by atomic mass is 10.1. The number of aromatic amines is 1. The van der Waals surface area contributed by atoms with Crippen LogP contribution in [0.4, 0.5) is 0 Å². The van der Waals surface area contributed by atoms with E-state index in [-0.39, 0.29) is 18.4 Å². The summed E-state index contributed by atoms with van der Waals surface area (Å²) < 4.78 is 16.0. The van der Waals surface area contributed by atoms with Crippen LogP contribution in [0.2, 0.25) is 0 Å². The summed E-state index contributed by atoms with van der Waals surface area (Å²) in [5.41, 5.74) is 2.21. The Balaban J connectivity index is 2.39. The maximum Gasteiger partial charge on any atom is 0.361 e. The third kappa shape index (κ3) is 4.07. The predicted molar refractivity (Wildman–Crippen MR) is 84.3 cm³/mol. The lowest BCUT2D eigenvalue weighted by Gasteiger charge is -2.15. The molecule has 1 heterocycles. The summed E-state index contributed by atoms with van der Waals surface area (Å²) in [5.74, 6) is 0.235. The molecule has 0 amide bonds. The number of methoxy groups -OCH3 is 1. The molecular formula is C16H21N3O4. The molecule has 0 fully saturated rings. The average Bonchev–Trinajstić information content (AvgIpc) is 2.98. The third-order valence-electron chi connectivity index (χ3n) is 3.01. The minimum atomic E-state index is -0.507. The Morgan fingerprint density at radius 2 is 2.09 bits per heavy atom. The number of esters is 1. The van der Waals surface area contributed by atoms with Gasteiger partial charge in [0, 0.05) is 18.2 Å². The number of carbonyl (C=O) groups is 1. The zero-order valence-corrected chi connectivity index (χ0v) is 13.8. The van der Waals surface area contributed by atoms with Gasteiger partial charge in [-0.2, -0.15) is 10.3 Å². The van der Waals surface area contributed by atoms with Gasteiger partial charge in [0.05, 0.1) is 19.3 Å². The van der Waals surface area contributed by atoms with Crippen LogP contribution in [0.3, 0.4) is 0 Å². The van der Waals surface area contributed by atoms with Crippen molar-refractivity contribution in [3.63, 3.8) is 0 Å². The van der Waals surface area contributed by atoms with Crippen LogP contribution in [0.5, 0.6) is 5.75 Å². The van der Waals surface area contributed by atoms with Crippen LogP contribution in [0, 0.1) is 0 Å². The van der Waals surface area contributed by atoms with Gasteiger partial charge in [-0.05, 0) is 39.0 Å². The fraction of sp³-hybridized carbons (Fsp3) is 0.438. The highest BCUT2D eigenvalue weighted by Crippen LogP contribution is 2.28. The Morgan fingerprint density at radius 1 is 1.30 bits per heavy atom. The van der Waals surface area contributed by atoms with Crippen LogP contribution in [-0.2, 0) is 16.1 Å². The van der Waals surface area contributed by atoms with Crippen molar-refractivity contribution >= 4 is 5.97 Å². The SMILES string of the molecule is CCOC(=O)c1n[nH]nc1-c1ccc(OC(C)C)c(COC)c1. The van der Waals surface area contributed by atoms with Crippen LogP contribution in [0.15, 0.2) is 18.2 Å². The van der Waals surface area contributed by atoms with Crippen molar-refractivity contribution in [3.8, 4) is 17.0 Å². The second-order valence-corrected chi connectivity index (χ2v) is 5.16. The van der Waals surface area contributed by atoms with Gasteiger partial charge in [0.2, 0.25) is 0 Å². The highest BCUT2D eigenvalue weighted by molar-refractivity contribution is 5.94. The number of benzene rings is 1. The van der Waals surface area contributed by atoms with Gasteiger partial charge < -0.3 is 14.2 Å². The quantitative estimate of drug-likeness (QED) is 0.789. The first-order valence-electron chi connectivity index (χ1n) is 7.43. The van der Waals surface area contributed by atoms with Gasteiger partial charge in [-0.1, -0.05) is 0 Å². The minimum absolute atomic E-state index is 0.0543. The van der Waals surface area contributed by atoms with Crippen LogP contribution < -0.4 is 4.74 Å². The average molecular weight is 319 g/mol. The minimum Gasteiger partial charge on any atom is -0.491 e. The van der Waals surface area contributed by atoms with E-state index in [0.717, 1.165) is 16.9 Å². The number of nitrogens with zero attached hydrogens (tertiary/aromatic N) is 2. The van der Waals surface area contributed by atoms with E-state index in [0.29, 0.717) is 12.3 Å². The largest absolute Gasteiger partial charge is 0.491 e. The fourth-order valence-electron chi connectivity index (χ4n) is 2.14. The zero-order chi connectivity index (χ0) is 16.8. The number of hydrogen-bond acceptors (Lipinski definition) is 6. The summed E-state index contributed by atoms with van der Waals surface area (Å²) in [5, 5.41) is 10.4. The Kier molecular flexibility index (Phi) is 5.70. The number of ether oxygens (including phenoxy) is 3. The summed E-state index contributed by atoms with van der Waals surface area (Å²) in [7, 11) is 1.62. The van der Waals surface area contributed by atoms with Gasteiger partial charge in [0.1, 0.15) is 11.4 Å². The molecule has 2 rings (SSSR count). The molecule has 0 aliphatic heterocycles. The van der Waals surface area contributed by atoms with Crippen molar-refractivity contribution in [2.24, 2.45) is 0 Å². The second kappa shape index (κ2) is 7.73. The molecule has 0 bridgehead atoms. The molecule has 124 valence electrons. The van der Waals surface area contributed by atoms with Gasteiger partial charge in [-0.25, -0.2) is 4.79 Å². The van der Waals surface area contributed by atoms with Crippen LogP contribution >= 0.6 is 0 Å². The number of nitrogens with one attached hydrogen (secondary N) is 1. The number of aromatic nitrogens is 3. The molecule has 0 aliphatic rings. The van der Waals surface area contributed by atoms with Crippen molar-refractivity contribution in [2.75, 3.05) is 13.7 Å². The molecule has 7 heteroatoms. The zero-order valence-electron chi connectivity index (χ0n) is 13.8. The molecule has 1 aromatic carbocycles. The smallest absolute Gasteiger partial charge is 0.361 e. The first kappa shape index (κ1) is 17.0. The Bertz CT molecular complexity index is 667. The number of hydrogen-bond donors (Lipinski definition) is 1. The molecule has 23 heavy (non-hydrogen) atoms. The van der Waals surface area contributed by atoms with Crippen molar-refractivity contribution in [2.45, 2.75) is 33.5 Å². The molecule has 7 nitrogen and oxygen atoms in total. The van der Waals surface area contributed by atoms with Gasteiger partial charge in [0.25, 0.3) is 0 Å². The maximum atomic E-state index is 11.9. The molecule has 0 aliphatic carbocycles. The molecule has 1 N–H and O–H groups in total. The van der Waals surface area contributed by atoms with Crippen molar-refractivity contribution in [1.29, 1.82) is 0 Å². The Labute approximate surface area is 134 Å². The van der Waals surface area contributed by atoms with Crippen LogP contribution in [0.25, 0.3) is 11.3 Å². The van der Waals surface area contributed by atoms with E-state index in [1.807, 2.05) is 32.0 Å². The van der Waals surface area contributed by atoms with Gasteiger partial charge in [-0.3, -0.25) is 0 Å². The molecule has 1 aromatic heterocycles. The van der Waals surface area contributed by atoms with Gasteiger partial charge in [-0.15, -0.1) is 5.10 Å². The topological polar surface area (TPSA) is 86.3 Å². The van der Waals surface area contributed by atoms with Crippen molar-refractivity contribution in [3.05, 3.63) is 29.5 Å². The van der Waals surface area contributed by atoms with E-state index in [2.05, 4.69) is 15.4 Å². The lowest BCUT2D eigenvalue weighted by Crippen LogP contribution is -2.09. The standard InChI is InChI=1S/C16H21N3O4/c1-5-22-16(20)15-14(17-19-18-15)11-6-7-13(23-10(2)3)12(8-11)9-21-4/h6-8,10H,5,9H2,1-4H3,(H,17,18,19). The highest BCUT2D eigenvalue weighted by Gasteiger charge is 2.20. The van der Waals surface area contributed by atoms with E-state index in [9.17, 15) is 4.79 Å². The molecular weight excluding hydrogens is 298 g/mol. The van der Waals surface area contributed by atoms with Crippen molar-refractivity contribution in [1.82, 2.24) is 15.4 Å². The van der Waals surface area contributed by atoms with E-state index in [1.54, 1.807) is 14.0 Å².